The van der Waals surface area contributed by atoms with E-state index in [1.807, 2.05) is 0 Å². The van der Waals surface area contributed by atoms with E-state index in [0.717, 1.165) is 122 Å². The molecule has 1 rings (SSSR count). The van der Waals surface area contributed by atoms with Gasteiger partial charge in [0.05, 0.1) is 18.3 Å². The zero-order valence-electron chi connectivity index (χ0n) is 40.3. The largest absolute Gasteiger partial charge is 0.466 e. The van der Waals surface area contributed by atoms with Crippen LogP contribution in [0.1, 0.15) is 250 Å². The summed E-state index contributed by atoms with van der Waals surface area (Å²) in [6, 6.07) is 1.76. The molecule has 0 saturated carbocycles. The zero-order chi connectivity index (χ0) is 44.4. The third-order valence-electron chi connectivity index (χ3n) is 12.4. The van der Waals surface area contributed by atoms with E-state index in [9.17, 15) is 19.5 Å². The van der Waals surface area contributed by atoms with E-state index >= 15 is 0 Å². The van der Waals surface area contributed by atoms with Crippen LogP contribution in [-0.2, 0) is 19.1 Å². The fraction of sp³-hybridized carbons (Fsp3) is 0.865. The Bertz CT molecular complexity index is 1110. The number of aliphatic hydroxyl groups excluding tert-OH is 1. The number of carbonyl (C=O) groups is 3. The first-order chi connectivity index (χ1) is 29.8. The Labute approximate surface area is 375 Å². The van der Waals surface area contributed by atoms with Crippen molar-refractivity contribution in [2.24, 2.45) is 5.92 Å². The van der Waals surface area contributed by atoms with Gasteiger partial charge in [0, 0.05) is 38.3 Å². The Hall–Kier alpha value is -2.39. The van der Waals surface area contributed by atoms with E-state index < -0.39 is 6.10 Å². The van der Waals surface area contributed by atoms with Crippen LogP contribution in [0, 0.1) is 5.92 Å². The summed E-state index contributed by atoms with van der Waals surface area (Å²) in [7, 11) is 0. The van der Waals surface area contributed by atoms with Crippen LogP contribution in [-0.4, -0.2) is 77.8 Å². The maximum absolute atomic E-state index is 12.9. The molecule has 0 fully saturated rings. The van der Waals surface area contributed by atoms with E-state index in [2.05, 4.69) is 42.9 Å². The number of unbranched alkanes of at least 4 members (excludes halogenated alkanes) is 20. The Morgan fingerprint density at radius 1 is 0.639 bits per heavy atom. The molecule has 356 valence electrons. The third kappa shape index (κ3) is 35.7. The Morgan fingerprint density at radius 2 is 1.16 bits per heavy atom. The molecule has 2 unspecified atom stereocenters. The molecule has 2 atom stereocenters. The summed E-state index contributed by atoms with van der Waals surface area (Å²) >= 11 is 0. The highest BCUT2D eigenvalue weighted by molar-refractivity contribution is 5.93. The van der Waals surface area contributed by atoms with Crippen molar-refractivity contribution in [2.75, 3.05) is 32.8 Å². The van der Waals surface area contributed by atoms with Crippen LogP contribution < -0.4 is 5.32 Å². The molecule has 0 aliphatic rings. The van der Waals surface area contributed by atoms with Crippen molar-refractivity contribution in [3.63, 3.8) is 0 Å². The van der Waals surface area contributed by atoms with Crippen LogP contribution in [0.15, 0.2) is 18.5 Å². The van der Waals surface area contributed by atoms with Crippen molar-refractivity contribution in [2.45, 2.75) is 252 Å². The molecule has 1 aromatic heterocycles. The van der Waals surface area contributed by atoms with Crippen molar-refractivity contribution < 1.29 is 29.0 Å². The van der Waals surface area contributed by atoms with Crippen molar-refractivity contribution in [1.29, 1.82) is 0 Å². The Balaban J connectivity index is 2.41. The number of ether oxygens (including phenoxy) is 2. The van der Waals surface area contributed by atoms with Gasteiger partial charge in [0.2, 0.25) is 0 Å². The van der Waals surface area contributed by atoms with Crippen molar-refractivity contribution in [3.05, 3.63) is 24.0 Å². The van der Waals surface area contributed by atoms with Gasteiger partial charge in [0.1, 0.15) is 6.10 Å². The fourth-order valence-electron chi connectivity index (χ4n) is 8.10. The molecule has 1 heterocycles. The number of aromatic amines is 1. The predicted molar refractivity (Wildman–Crippen MR) is 255 cm³/mol. The van der Waals surface area contributed by atoms with E-state index in [4.69, 9.17) is 9.47 Å². The van der Waals surface area contributed by atoms with Gasteiger partial charge >= 0.3 is 11.9 Å². The highest BCUT2D eigenvalue weighted by Crippen LogP contribution is 2.19. The molecule has 9 nitrogen and oxygen atoms in total. The minimum Gasteiger partial charge on any atom is -0.466 e. The lowest BCUT2D eigenvalue weighted by Crippen LogP contribution is -2.34. The van der Waals surface area contributed by atoms with Gasteiger partial charge in [0.15, 0.2) is 0 Å². The predicted octanol–water partition coefficient (Wildman–Crippen LogP) is 13.4. The minimum atomic E-state index is -0.414. The van der Waals surface area contributed by atoms with Crippen LogP contribution in [0.25, 0.3) is 0 Å². The second-order valence-electron chi connectivity index (χ2n) is 18.3. The van der Waals surface area contributed by atoms with Gasteiger partial charge in [-0.1, -0.05) is 150 Å². The van der Waals surface area contributed by atoms with E-state index in [-0.39, 0.29) is 23.9 Å². The molecule has 0 aliphatic heterocycles. The Kier molecular flexibility index (Phi) is 38.6. The summed E-state index contributed by atoms with van der Waals surface area (Å²) in [6.07, 6.45) is 38.8. The lowest BCUT2D eigenvalue weighted by Gasteiger charge is -2.25. The molecule has 0 bridgehead atoms. The van der Waals surface area contributed by atoms with Crippen molar-refractivity contribution in [1.82, 2.24) is 15.2 Å². The Morgan fingerprint density at radius 3 is 1.77 bits per heavy atom. The maximum Gasteiger partial charge on any atom is 0.306 e. The van der Waals surface area contributed by atoms with Gasteiger partial charge in [-0.3, -0.25) is 14.4 Å². The smallest absolute Gasteiger partial charge is 0.306 e. The molecule has 61 heavy (non-hydrogen) atoms. The van der Waals surface area contributed by atoms with Crippen LogP contribution >= 0.6 is 0 Å². The summed E-state index contributed by atoms with van der Waals surface area (Å²) in [4.78, 5) is 42.7. The summed E-state index contributed by atoms with van der Waals surface area (Å²) in [5.74, 6) is 0.641. The first kappa shape index (κ1) is 56.6. The number of aromatic nitrogens is 1. The van der Waals surface area contributed by atoms with Gasteiger partial charge < -0.3 is 29.8 Å². The normalized spacial score (nSPS) is 12.6. The van der Waals surface area contributed by atoms with Gasteiger partial charge in [-0.2, -0.15) is 0 Å². The lowest BCUT2D eigenvalue weighted by atomic mass is 10.0. The molecule has 0 spiro atoms. The molecule has 0 radical (unpaired) electrons. The molecular formula is C52H97N3O6. The lowest BCUT2D eigenvalue weighted by molar-refractivity contribution is -0.150. The van der Waals surface area contributed by atoms with E-state index in [1.54, 1.807) is 18.5 Å². The highest BCUT2D eigenvalue weighted by atomic mass is 16.5. The first-order valence-electron chi connectivity index (χ1n) is 25.9. The molecule has 0 aromatic carbocycles. The molecular weight excluding hydrogens is 763 g/mol. The zero-order valence-corrected chi connectivity index (χ0v) is 40.3. The monoisotopic (exact) mass is 860 g/mol. The molecule has 0 saturated heterocycles. The summed E-state index contributed by atoms with van der Waals surface area (Å²) in [5.41, 5.74) is 0.634. The average molecular weight is 860 g/mol. The van der Waals surface area contributed by atoms with Crippen molar-refractivity contribution >= 4 is 17.8 Å². The number of nitrogens with one attached hydrogen (secondary N) is 2. The van der Waals surface area contributed by atoms with Gasteiger partial charge in [-0.15, -0.1) is 0 Å². The van der Waals surface area contributed by atoms with Gasteiger partial charge in [-0.05, 0) is 102 Å². The number of aliphatic hydroxyl groups is 1. The number of carbonyl (C=O) groups excluding carboxylic acids is 3. The van der Waals surface area contributed by atoms with Crippen LogP contribution in [0.3, 0.4) is 0 Å². The minimum absolute atomic E-state index is 0.0127. The number of hydrogen-bond donors (Lipinski definition) is 3. The van der Waals surface area contributed by atoms with Crippen LogP contribution in [0.4, 0.5) is 0 Å². The third-order valence-corrected chi connectivity index (χ3v) is 12.4. The number of nitrogens with zero attached hydrogens (tertiary/aromatic N) is 1. The molecule has 3 N–H and O–H groups in total. The molecule has 1 amide bonds. The quantitative estimate of drug-likeness (QED) is 0.0441. The topological polar surface area (TPSA) is 121 Å². The molecule has 9 heteroatoms. The van der Waals surface area contributed by atoms with Gasteiger partial charge in [-0.25, -0.2) is 0 Å². The first-order valence-corrected chi connectivity index (χ1v) is 25.9. The second kappa shape index (κ2) is 41.6. The average Bonchev–Trinajstić information content (AvgIpc) is 3.80. The number of H-pyrrole nitrogens is 1. The number of esters is 2. The van der Waals surface area contributed by atoms with Crippen LogP contribution in [0.2, 0.25) is 0 Å². The molecule has 0 aliphatic carbocycles. The second-order valence-corrected chi connectivity index (χ2v) is 18.3. The summed E-state index contributed by atoms with van der Waals surface area (Å²) in [5, 5.41) is 13.9. The SMILES string of the molecule is CCCCCCCCC(CCCCCCCC)OC(=O)CCCCCCCN(CCCCCC(=O)OCCCCCCC(C)CC)CC(O)CCCCNC(=O)c1cc[nH]c1. The molecule has 1 aromatic rings. The van der Waals surface area contributed by atoms with Crippen LogP contribution in [0.5, 0.6) is 0 Å². The summed E-state index contributed by atoms with van der Waals surface area (Å²) < 4.78 is 11.6. The van der Waals surface area contributed by atoms with E-state index in [1.165, 1.54) is 89.9 Å². The number of amides is 1. The van der Waals surface area contributed by atoms with E-state index in [0.29, 0.717) is 44.5 Å². The van der Waals surface area contributed by atoms with Crippen molar-refractivity contribution in [3.8, 4) is 0 Å². The standard InChI is InChI=1S/C52H97N3O6/c1-5-8-10-12-15-23-34-49(35-24-16-13-11-9-6-2)61-51(58)37-25-17-14-19-29-41-55(45-48(56)33-27-28-39-54-52(59)47-38-40-53-44-47)42-30-21-26-36-50(57)60-43-31-20-18-22-32-46(4)7-3/h38,40,44,46,48-49,53,56H,5-37,39,41-43,45H2,1-4H3,(H,54,59). The fourth-order valence-corrected chi connectivity index (χ4v) is 8.10. The van der Waals surface area contributed by atoms with Gasteiger partial charge in [0.25, 0.3) is 5.91 Å². The number of rotatable bonds is 45. The number of hydrogen-bond acceptors (Lipinski definition) is 7. The summed E-state index contributed by atoms with van der Waals surface area (Å²) in [6.45, 7) is 12.7. The highest BCUT2D eigenvalue weighted by Gasteiger charge is 2.16. The maximum atomic E-state index is 12.9.